The van der Waals surface area contributed by atoms with E-state index in [1.807, 2.05) is 0 Å². The minimum absolute atomic E-state index is 0.0106. The first-order valence-electron chi connectivity index (χ1n) is 7.44. The van der Waals surface area contributed by atoms with Gasteiger partial charge in [-0.25, -0.2) is 19.6 Å². The molecule has 0 radical (unpaired) electrons. The summed E-state index contributed by atoms with van der Waals surface area (Å²) in [6.45, 7) is -1.01. The van der Waals surface area contributed by atoms with Gasteiger partial charge in [0.2, 0.25) is 12.2 Å². The largest absolute Gasteiger partial charge is 0.395 e. The van der Waals surface area contributed by atoms with Crippen molar-refractivity contribution in [2.45, 2.75) is 38.5 Å². The Morgan fingerprint density at radius 3 is 1.48 bits per heavy atom. The Hall–Kier alpha value is -1.98. The van der Waals surface area contributed by atoms with E-state index in [0.29, 0.717) is 25.7 Å². The summed E-state index contributed by atoms with van der Waals surface area (Å²) >= 11 is 0. The molecule has 0 amide bonds. The van der Waals surface area contributed by atoms with Gasteiger partial charge in [0.05, 0.1) is 26.3 Å². The van der Waals surface area contributed by atoms with E-state index in [1.54, 1.807) is 0 Å². The molecular formula is C15H22N2O6. The number of aliphatic hydroxyl groups is 2. The van der Waals surface area contributed by atoms with E-state index < -0.39 is 30.2 Å². The lowest BCUT2D eigenvalue weighted by atomic mass is 9.77. The van der Waals surface area contributed by atoms with Crippen molar-refractivity contribution in [1.29, 1.82) is 0 Å². The molecule has 0 heterocycles. The predicted molar refractivity (Wildman–Crippen MR) is 80.3 cm³/mol. The van der Waals surface area contributed by atoms with E-state index in [2.05, 4.69) is 9.98 Å². The molecule has 0 saturated carbocycles. The summed E-state index contributed by atoms with van der Waals surface area (Å²) in [5.74, 6) is -1.04. The smallest absolute Gasteiger partial charge is 0.234 e. The van der Waals surface area contributed by atoms with Crippen molar-refractivity contribution in [1.82, 2.24) is 0 Å². The lowest BCUT2D eigenvalue weighted by molar-refractivity contribution is -0.147. The molecule has 0 aliphatic carbocycles. The van der Waals surface area contributed by atoms with Crippen LogP contribution in [-0.2, 0) is 19.2 Å². The van der Waals surface area contributed by atoms with Gasteiger partial charge in [-0.05, 0) is 25.7 Å². The number of aliphatic imine (C=N–C) groups is 2. The number of hydrogen-bond donors (Lipinski definition) is 2. The lowest BCUT2D eigenvalue weighted by Crippen LogP contribution is -2.46. The zero-order valence-corrected chi connectivity index (χ0v) is 13.0. The van der Waals surface area contributed by atoms with Gasteiger partial charge in [0.15, 0.2) is 11.6 Å². The molecule has 8 nitrogen and oxygen atoms in total. The van der Waals surface area contributed by atoms with Crippen LogP contribution in [0.25, 0.3) is 0 Å². The second-order valence-electron chi connectivity index (χ2n) is 5.10. The summed E-state index contributed by atoms with van der Waals surface area (Å²) in [7, 11) is 0. The summed E-state index contributed by atoms with van der Waals surface area (Å²) in [5.41, 5.74) is -1.79. The van der Waals surface area contributed by atoms with Gasteiger partial charge in [-0.3, -0.25) is 9.59 Å². The number of Topliss-reactive ketones (excluding diaryl/α,β-unsaturated/α-hetero) is 2. The maximum atomic E-state index is 12.2. The van der Waals surface area contributed by atoms with Crippen LogP contribution in [0.15, 0.2) is 9.98 Å². The van der Waals surface area contributed by atoms with Crippen molar-refractivity contribution < 1.29 is 29.4 Å². The van der Waals surface area contributed by atoms with E-state index in [1.165, 1.54) is 12.2 Å². The fraction of sp³-hybridized carbons (Fsp3) is 0.733. The van der Waals surface area contributed by atoms with Crippen LogP contribution in [-0.4, -0.2) is 60.2 Å². The molecule has 8 heteroatoms. The zero-order chi connectivity index (χ0) is 17.6. The highest BCUT2D eigenvalue weighted by molar-refractivity contribution is 6.07. The number of rotatable bonds is 14. The van der Waals surface area contributed by atoms with E-state index in [-0.39, 0.29) is 25.9 Å². The quantitative estimate of drug-likeness (QED) is 0.201. The van der Waals surface area contributed by atoms with Crippen molar-refractivity contribution in [3.05, 3.63) is 0 Å². The number of carbonyl (C=O) groups is 2. The summed E-state index contributed by atoms with van der Waals surface area (Å²) in [5, 5.41) is 18.9. The first-order chi connectivity index (χ1) is 11.1. The lowest BCUT2D eigenvalue weighted by Gasteiger charge is -2.26. The molecule has 0 fully saturated rings. The first-order valence-corrected chi connectivity index (χ1v) is 7.44. The molecule has 0 unspecified atom stereocenters. The molecule has 128 valence electrons. The SMILES string of the molecule is O=C=NCCCCC(=O)C(CO)(CO)C(=O)CCCCN=C=O. The highest BCUT2D eigenvalue weighted by Crippen LogP contribution is 2.25. The van der Waals surface area contributed by atoms with Crippen molar-refractivity contribution >= 4 is 23.7 Å². The molecule has 0 aromatic carbocycles. The van der Waals surface area contributed by atoms with Crippen LogP contribution in [0.5, 0.6) is 0 Å². The van der Waals surface area contributed by atoms with Gasteiger partial charge in [-0.15, -0.1) is 0 Å². The number of hydrogen-bond acceptors (Lipinski definition) is 8. The average Bonchev–Trinajstić information content (AvgIpc) is 2.56. The number of ketones is 2. The van der Waals surface area contributed by atoms with Gasteiger partial charge in [0.1, 0.15) is 5.41 Å². The van der Waals surface area contributed by atoms with Gasteiger partial charge in [0.25, 0.3) is 0 Å². The minimum atomic E-state index is -1.79. The van der Waals surface area contributed by atoms with Gasteiger partial charge < -0.3 is 10.2 Å². The Bertz CT molecular complexity index is 434. The van der Waals surface area contributed by atoms with Crippen LogP contribution in [0, 0.1) is 5.41 Å². The monoisotopic (exact) mass is 326 g/mol. The van der Waals surface area contributed by atoms with Gasteiger partial charge >= 0.3 is 0 Å². The average molecular weight is 326 g/mol. The summed E-state index contributed by atoms with van der Waals surface area (Å²) in [6.07, 6.45) is 4.55. The third-order valence-electron chi connectivity index (χ3n) is 3.58. The molecule has 23 heavy (non-hydrogen) atoms. The van der Waals surface area contributed by atoms with Gasteiger partial charge in [-0.2, -0.15) is 0 Å². The van der Waals surface area contributed by atoms with Crippen molar-refractivity contribution in [2.24, 2.45) is 15.4 Å². The zero-order valence-electron chi connectivity index (χ0n) is 13.0. The van der Waals surface area contributed by atoms with E-state index in [4.69, 9.17) is 0 Å². The molecule has 0 aliphatic heterocycles. The standard InChI is InChI=1S/C15H22N2O6/c18-9-15(10-19,13(22)5-1-3-7-16-11-20)14(23)6-2-4-8-17-12-21/h18-19H,1-10H2. The van der Waals surface area contributed by atoms with Gasteiger partial charge in [0, 0.05) is 12.8 Å². The Kier molecular flexibility index (Phi) is 11.5. The molecule has 0 aromatic rings. The van der Waals surface area contributed by atoms with Crippen molar-refractivity contribution in [3.63, 3.8) is 0 Å². The Labute approximate surface area is 134 Å². The van der Waals surface area contributed by atoms with Crippen LogP contribution in [0.2, 0.25) is 0 Å². The third kappa shape index (κ3) is 7.21. The molecule has 0 atom stereocenters. The number of nitrogens with zero attached hydrogens (tertiary/aromatic N) is 2. The predicted octanol–water partition coefficient (Wildman–Crippen LogP) is 0.108. The number of aliphatic hydroxyl groups excluding tert-OH is 2. The molecule has 0 saturated heterocycles. The fourth-order valence-electron chi connectivity index (χ4n) is 2.08. The van der Waals surface area contributed by atoms with Crippen LogP contribution in [0.1, 0.15) is 38.5 Å². The molecule has 0 aromatic heterocycles. The topological polar surface area (TPSA) is 133 Å². The van der Waals surface area contributed by atoms with E-state index in [9.17, 15) is 29.4 Å². The fourth-order valence-corrected chi connectivity index (χ4v) is 2.08. The highest BCUT2D eigenvalue weighted by atomic mass is 16.3. The molecule has 0 aliphatic rings. The minimum Gasteiger partial charge on any atom is -0.395 e. The Morgan fingerprint density at radius 1 is 0.783 bits per heavy atom. The summed E-state index contributed by atoms with van der Waals surface area (Å²) in [6, 6.07) is 0. The Balaban J connectivity index is 4.55. The van der Waals surface area contributed by atoms with Crippen LogP contribution >= 0.6 is 0 Å². The normalized spacial score (nSPS) is 10.5. The molecule has 0 bridgehead atoms. The maximum Gasteiger partial charge on any atom is 0.234 e. The van der Waals surface area contributed by atoms with Gasteiger partial charge in [-0.1, -0.05) is 0 Å². The van der Waals surface area contributed by atoms with Crippen molar-refractivity contribution in [2.75, 3.05) is 26.3 Å². The molecule has 2 N–H and O–H groups in total. The number of unbranched alkanes of at least 4 members (excludes halogenated alkanes) is 2. The molecular weight excluding hydrogens is 304 g/mol. The number of isocyanates is 2. The first kappa shape index (κ1) is 21.0. The van der Waals surface area contributed by atoms with Crippen LogP contribution in [0.4, 0.5) is 0 Å². The maximum absolute atomic E-state index is 12.2. The molecule has 0 spiro atoms. The second-order valence-corrected chi connectivity index (χ2v) is 5.10. The van der Waals surface area contributed by atoms with Crippen LogP contribution < -0.4 is 0 Å². The van der Waals surface area contributed by atoms with E-state index in [0.717, 1.165) is 0 Å². The number of carbonyl (C=O) groups excluding carboxylic acids is 4. The van der Waals surface area contributed by atoms with E-state index >= 15 is 0 Å². The molecule has 0 rings (SSSR count). The van der Waals surface area contributed by atoms with Crippen molar-refractivity contribution in [3.8, 4) is 0 Å². The van der Waals surface area contributed by atoms with Crippen LogP contribution in [0.3, 0.4) is 0 Å². The summed E-state index contributed by atoms with van der Waals surface area (Å²) in [4.78, 5) is 51.0. The second kappa shape index (κ2) is 12.6. The summed E-state index contributed by atoms with van der Waals surface area (Å²) < 4.78 is 0. The third-order valence-corrected chi connectivity index (χ3v) is 3.58. The Morgan fingerprint density at radius 2 is 1.17 bits per heavy atom. The highest BCUT2D eigenvalue weighted by Gasteiger charge is 2.43.